The van der Waals surface area contributed by atoms with Crippen LogP contribution in [0.5, 0.6) is 0 Å². The normalized spacial score (nSPS) is 52.9. The third kappa shape index (κ3) is 1.32. The Morgan fingerprint density at radius 1 is 1.13 bits per heavy atom. The van der Waals surface area contributed by atoms with Gasteiger partial charge in [-0.25, -0.2) is 0 Å². The molecule has 3 heteroatoms. The fraction of sp³-hybridized carbons (Fsp3) is 0.917. The van der Waals surface area contributed by atoms with Gasteiger partial charge in [0.1, 0.15) is 0 Å². The second-order valence-electron chi connectivity index (χ2n) is 5.49. The third-order valence-electron chi connectivity index (χ3n) is 5.02. The lowest BCUT2D eigenvalue weighted by Crippen LogP contribution is -2.29. The summed E-state index contributed by atoms with van der Waals surface area (Å²) < 4.78 is 5.57. The van der Waals surface area contributed by atoms with Crippen molar-refractivity contribution < 1.29 is 9.94 Å². The topological polar surface area (TPSA) is 41.8 Å². The summed E-state index contributed by atoms with van der Waals surface area (Å²) in [7, 11) is 1.85. The van der Waals surface area contributed by atoms with Crippen LogP contribution in [-0.2, 0) is 4.74 Å². The number of hydrogen-bond acceptors (Lipinski definition) is 3. The lowest BCUT2D eigenvalue weighted by atomic mass is 9.80. The number of rotatable bonds is 2. The highest BCUT2D eigenvalue weighted by atomic mass is 16.5. The number of ether oxygens (including phenoxy) is 1. The van der Waals surface area contributed by atoms with Crippen molar-refractivity contribution in [2.24, 2.45) is 34.7 Å². The van der Waals surface area contributed by atoms with E-state index in [0.29, 0.717) is 12.0 Å². The molecule has 0 aromatic rings. The minimum absolute atomic E-state index is 0.515. The molecule has 84 valence electrons. The van der Waals surface area contributed by atoms with Gasteiger partial charge in [-0.3, -0.25) is 0 Å². The van der Waals surface area contributed by atoms with Gasteiger partial charge in [0.2, 0.25) is 0 Å². The molecule has 2 bridgehead atoms. The molecule has 6 unspecified atom stereocenters. The number of methoxy groups -OCH3 is 1. The molecule has 3 rings (SSSR count). The van der Waals surface area contributed by atoms with Gasteiger partial charge in [-0.05, 0) is 55.3 Å². The van der Waals surface area contributed by atoms with E-state index in [1.54, 1.807) is 6.21 Å². The predicted octanol–water partition coefficient (Wildman–Crippen LogP) is 2.14. The van der Waals surface area contributed by atoms with Crippen LogP contribution in [0.3, 0.4) is 0 Å². The maximum absolute atomic E-state index is 8.58. The van der Waals surface area contributed by atoms with Crippen molar-refractivity contribution in [2.75, 3.05) is 7.11 Å². The summed E-state index contributed by atoms with van der Waals surface area (Å²) in [6, 6.07) is 0. The highest BCUT2D eigenvalue weighted by Gasteiger charge is 2.55. The monoisotopic (exact) mass is 209 g/mol. The molecule has 0 amide bonds. The van der Waals surface area contributed by atoms with Crippen LogP contribution >= 0.6 is 0 Å². The molecule has 0 aromatic carbocycles. The molecule has 0 heterocycles. The average Bonchev–Trinajstić information content (AvgIpc) is 2.85. The summed E-state index contributed by atoms with van der Waals surface area (Å²) in [4.78, 5) is 0. The van der Waals surface area contributed by atoms with Crippen molar-refractivity contribution in [1.82, 2.24) is 0 Å². The van der Waals surface area contributed by atoms with Gasteiger partial charge in [0.05, 0.1) is 6.10 Å². The molecular formula is C12H19NO2. The molecule has 0 aliphatic heterocycles. The van der Waals surface area contributed by atoms with Gasteiger partial charge in [-0.15, -0.1) is 5.16 Å². The Morgan fingerprint density at radius 2 is 1.93 bits per heavy atom. The van der Waals surface area contributed by atoms with Crippen molar-refractivity contribution in [3.8, 4) is 0 Å². The summed E-state index contributed by atoms with van der Waals surface area (Å²) in [5, 5.41) is 11.8. The van der Waals surface area contributed by atoms with E-state index in [-0.39, 0.29) is 0 Å². The number of nitrogens with zero attached hydrogens (tertiary/aromatic N) is 1. The van der Waals surface area contributed by atoms with Crippen LogP contribution < -0.4 is 0 Å². The first-order valence-electron chi connectivity index (χ1n) is 6.03. The largest absolute Gasteiger partial charge is 0.411 e. The minimum atomic E-state index is 0.515. The Kier molecular flexibility index (Phi) is 2.23. The van der Waals surface area contributed by atoms with E-state index in [1.165, 1.54) is 25.7 Å². The van der Waals surface area contributed by atoms with Gasteiger partial charge >= 0.3 is 0 Å². The quantitative estimate of drug-likeness (QED) is 0.430. The maximum atomic E-state index is 8.58. The summed E-state index contributed by atoms with van der Waals surface area (Å²) >= 11 is 0. The van der Waals surface area contributed by atoms with Gasteiger partial charge in [0, 0.05) is 13.3 Å². The smallest absolute Gasteiger partial charge is 0.0605 e. The summed E-state index contributed by atoms with van der Waals surface area (Å²) in [5.74, 6) is 3.94. The second-order valence-corrected chi connectivity index (χ2v) is 5.49. The van der Waals surface area contributed by atoms with Gasteiger partial charge < -0.3 is 9.94 Å². The Bertz CT molecular complexity index is 277. The van der Waals surface area contributed by atoms with Crippen LogP contribution in [0.4, 0.5) is 0 Å². The number of hydrogen-bond donors (Lipinski definition) is 1. The first kappa shape index (κ1) is 9.64. The minimum Gasteiger partial charge on any atom is -0.411 e. The molecule has 15 heavy (non-hydrogen) atoms. The zero-order chi connectivity index (χ0) is 10.4. The van der Waals surface area contributed by atoms with E-state index >= 15 is 0 Å². The predicted molar refractivity (Wildman–Crippen MR) is 57.0 cm³/mol. The van der Waals surface area contributed by atoms with Crippen molar-refractivity contribution in [3.63, 3.8) is 0 Å². The van der Waals surface area contributed by atoms with Gasteiger partial charge in [0.25, 0.3) is 0 Å². The van der Waals surface area contributed by atoms with Crippen molar-refractivity contribution in [2.45, 2.75) is 31.8 Å². The van der Waals surface area contributed by atoms with Crippen LogP contribution in [0, 0.1) is 29.6 Å². The van der Waals surface area contributed by atoms with Crippen LogP contribution in [0.25, 0.3) is 0 Å². The van der Waals surface area contributed by atoms with E-state index in [1.807, 2.05) is 7.11 Å². The van der Waals surface area contributed by atoms with E-state index in [0.717, 1.165) is 23.7 Å². The first-order chi connectivity index (χ1) is 7.33. The molecule has 3 aliphatic carbocycles. The maximum Gasteiger partial charge on any atom is 0.0605 e. The molecule has 3 nitrogen and oxygen atoms in total. The molecule has 3 fully saturated rings. The summed E-state index contributed by atoms with van der Waals surface area (Å²) in [6.07, 6.45) is 7.37. The Labute approximate surface area is 90.5 Å². The molecule has 0 saturated heterocycles. The highest BCUT2D eigenvalue weighted by Crippen LogP contribution is 2.60. The summed E-state index contributed by atoms with van der Waals surface area (Å²) in [5.41, 5.74) is 0. The Hall–Kier alpha value is -0.570. The molecular weight excluding hydrogens is 190 g/mol. The first-order valence-corrected chi connectivity index (χ1v) is 6.03. The zero-order valence-electron chi connectivity index (χ0n) is 9.17. The van der Waals surface area contributed by atoms with Gasteiger partial charge in [-0.2, -0.15) is 0 Å². The number of oxime groups is 1. The molecule has 1 N–H and O–H groups in total. The van der Waals surface area contributed by atoms with Crippen LogP contribution in [-0.4, -0.2) is 24.6 Å². The van der Waals surface area contributed by atoms with Crippen molar-refractivity contribution >= 4 is 6.21 Å². The third-order valence-corrected chi connectivity index (χ3v) is 5.02. The van der Waals surface area contributed by atoms with Crippen molar-refractivity contribution in [1.29, 1.82) is 0 Å². The van der Waals surface area contributed by atoms with Gasteiger partial charge in [-0.1, -0.05) is 0 Å². The van der Waals surface area contributed by atoms with E-state index in [9.17, 15) is 0 Å². The van der Waals surface area contributed by atoms with E-state index in [4.69, 9.17) is 9.94 Å². The van der Waals surface area contributed by atoms with Crippen LogP contribution in [0.15, 0.2) is 5.16 Å². The van der Waals surface area contributed by atoms with Crippen LogP contribution in [0.1, 0.15) is 25.7 Å². The molecule has 3 saturated carbocycles. The lowest BCUT2D eigenvalue weighted by Gasteiger charge is -2.30. The molecule has 6 atom stereocenters. The average molecular weight is 209 g/mol. The van der Waals surface area contributed by atoms with Crippen molar-refractivity contribution in [3.05, 3.63) is 0 Å². The fourth-order valence-electron chi connectivity index (χ4n) is 4.54. The SMILES string of the molecule is COC1CC2CC1C1CC(C=NO)CC21. The summed E-state index contributed by atoms with van der Waals surface area (Å²) in [6.45, 7) is 0. The second kappa shape index (κ2) is 3.48. The molecule has 0 radical (unpaired) electrons. The van der Waals surface area contributed by atoms with Gasteiger partial charge in [0.15, 0.2) is 0 Å². The highest BCUT2D eigenvalue weighted by molar-refractivity contribution is 5.60. The zero-order valence-corrected chi connectivity index (χ0v) is 9.17. The molecule has 3 aliphatic rings. The van der Waals surface area contributed by atoms with E-state index in [2.05, 4.69) is 5.16 Å². The fourth-order valence-corrected chi connectivity index (χ4v) is 4.54. The molecule has 0 aromatic heterocycles. The standard InChI is InChI=1S/C12H19NO2/c1-15-12-5-8-4-11(12)10-3-7(6-13-14)2-9(8)10/h6-12,14H,2-5H2,1H3. The lowest BCUT2D eigenvalue weighted by molar-refractivity contribution is 0.0223. The van der Waals surface area contributed by atoms with Crippen LogP contribution in [0.2, 0.25) is 0 Å². The Balaban J connectivity index is 1.74. The van der Waals surface area contributed by atoms with E-state index < -0.39 is 0 Å². The molecule has 0 spiro atoms. The Morgan fingerprint density at radius 3 is 2.67 bits per heavy atom. The number of fused-ring (bicyclic) bond motifs is 5.